The van der Waals surface area contributed by atoms with Crippen molar-refractivity contribution < 1.29 is 9.18 Å². The molecule has 0 spiro atoms. The Morgan fingerprint density at radius 2 is 2.28 bits per heavy atom. The fourth-order valence-electron chi connectivity index (χ4n) is 3.33. The standard InChI is InChI=1S/C20H22FN5OS2/c1-12-4-3-7-26(9-12)20-25-18-17(29-20)19(23-11-22-18)28-10-16(27)24-14-6-5-13(2)15(21)8-14/h5-6,8,11-12H,3-4,7,9-10H2,1-2H3,(H,24,27)/t12-/m1/s1. The maximum Gasteiger partial charge on any atom is 0.234 e. The van der Waals surface area contributed by atoms with Gasteiger partial charge in [-0.1, -0.05) is 36.1 Å². The molecule has 1 saturated heterocycles. The van der Waals surface area contributed by atoms with Crippen LogP contribution in [0.5, 0.6) is 0 Å². The molecule has 0 radical (unpaired) electrons. The number of rotatable bonds is 5. The number of carbonyl (C=O) groups is 1. The summed E-state index contributed by atoms with van der Waals surface area (Å²) in [5.74, 6) is 0.290. The van der Waals surface area contributed by atoms with E-state index in [1.807, 2.05) is 0 Å². The molecule has 152 valence electrons. The second-order valence-electron chi connectivity index (χ2n) is 7.32. The first-order chi connectivity index (χ1) is 14.0. The van der Waals surface area contributed by atoms with Gasteiger partial charge in [0.1, 0.15) is 21.9 Å². The Bertz CT molecular complexity index is 1040. The Kier molecular flexibility index (Phi) is 5.96. The van der Waals surface area contributed by atoms with E-state index in [0.717, 1.165) is 27.9 Å². The molecule has 3 aromatic rings. The van der Waals surface area contributed by atoms with Gasteiger partial charge in [0.05, 0.1) is 5.75 Å². The van der Waals surface area contributed by atoms with Crippen LogP contribution in [-0.2, 0) is 4.79 Å². The SMILES string of the molecule is Cc1ccc(NC(=O)CSc2ncnc3nc(N4CCC[C@@H](C)C4)sc23)cc1F. The fourth-order valence-corrected chi connectivity index (χ4v) is 5.25. The molecule has 1 N–H and O–H groups in total. The van der Waals surface area contributed by atoms with Crippen molar-refractivity contribution in [2.24, 2.45) is 5.92 Å². The second-order valence-corrected chi connectivity index (χ2v) is 9.26. The minimum atomic E-state index is -0.336. The van der Waals surface area contributed by atoms with Crippen LogP contribution in [0.15, 0.2) is 29.6 Å². The lowest BCUT2D eigenvalue weighted by Gasteiger charge is -2.30. The first-order valence-electron chi connectivity index (χ1n) is 9.55. The van der Waals surface area contributed by atoms with Crippen LogP contribution in [0, 0.1) is 18.7 Å². The fraction of sp³-hybridized carbons (Fsp3) is 0.400. The Morgan fingerprint density at radius 1 is 1.41 bits per heavy atom. The van der Waals surface area contributed by atoms with Crippen LogP contribution in [0.1, 0.15) is 25.3 Å². The summed E-state index contributed by atoms with van der Waals surface area (Å²) in [6.07, 6.45) is 3.91. The summed E-state index contributed by atoms with van der Waals surface area (Å²) in [5.41, 5.74) is 1.66. The van der Waals surface area contributed by atoms with E-state index in [1.165, 1.54) is 37.0 Å². The van der Waals surface area contributed by atoms with Crippen LogP contribution in [0.2, 0.25) is 0 Å². The third-order valence-electron chi connectivity index (χ3n) is 4.87. The molecule has 29 heavy (non-hydrogen) atoms. The summed E-state index contributed by atoms with van der Waals surface area (Å²) in [7, 11) is 0. The molecular formula is C20H22FN5OS2. The number of carbonyl (C=O) groups excluding carboxylic acids is 1. The van der Waals surface area contributed by atoms with Gasteiger partial charge in [-0.3, -0.25) is 4.79 Å². The molecule has 9 heteroatoms. The molecule has 0 saturated carbocycles. The number of aromatic nitrogens is 3. The maximum absolute atomic E-state index is 13.7. The highest BCUT2D eigenvalue weighted by atomic mass is 32.2. The Morgan fingerprint density at radius 3 is 3.07 bits per heavy atom. The molecule has 3 heterocycles. The monoisotopic (exact) mass is 431 g/mol. The zero-order valence-corrected chi connectivity index (χ0v) is 17.9. The van der Waals surface area contributed by atoms with Crippen molar-refractivity contribution in [2.75, 3.05) is 29.1 Å². The number of hydrogen-bond acceptors (Lipinski definition) is 7. The average Bonchev–Trinajstić information content (AvgIpc) is 3.14. The predicted molar refractivity (Wildman–Crippen MR) is 116 cm³/mol. The van der Waals surface area contributed by atoms with Crippen LogP contribution in [0.25, 0.3) is 10.3 Å². The number of aryl methyl sites for hydroxylation is 1. The minimum Gasteiger partial charge on any atom is -0.348 e. The number of halogens is 1. The first-order valence-corrected chi connectivity index (χ1v) is 11.3. The Labute approximate surface area is 177 Å². The Balaban J connectivity index is 1.44. The molecule has 0 aliphatic carbocycles. The van der Waals surface area contributed by atoms with Crippen LogP contribution < -0.4 is 10.2 Å². The molecular weight excluding hydrogens is 409 g/mol. The van der Waals surface area contributed by atoms with Gasteiger partial charge in [-0.05, 0) is 43.4 Å². The molecule has 2 aromatic heterocycles. The molecule has 4 rings (SSSR count). The summed E-state index contributed by atoms with van der Waals surface area (Å²) in [6, 6.07) is 4.67. The number of nitrogens with zero attached hydrogens (tertiary/aromatic N) is 4. The molecule has 6 nitrogen and oxygen atoms in total. The zero-order chi connectivity index (χ0) is 20.4. The summed E-state index contributed by atoms with van der Waals surface area (Å²) in [4.78, 5) is 27.9. The van der Waals surface area contributed by atoms with E-state index in [9.17, 15) is 9.18 Å². The summed E-state index contributed by atoms with van der Waals surface area (Å²) in [6.45, 7) is 5.96. The molecule has 1 aliphatic rings. The van der Waals surface area contributed by atoms with Crippen molar-refractivity contribution in [2.45, 2.75) is 31.7 Å². The molecule has 1 atom stereocenters. The average molecular weight is 432 g/mol. The number of thiazole rings is 1. The van der Waals surface area contributed by atoms with Gasteiger partial charge in [0, 0.05) is 18.8 Å². The smallest absolute Gasteiger partial charge is 0.234 e. The highest BCUT2D eigenvalue weighted by molar-refractivity contribution is 8.00. The lowest BCUT2D eigenvalue weighted by Crippen LogP contribution is -2.34. The van der Waals surface area contributed by atoms with E-state index >= 15 is 0 Å². The van der Waals surface area contributed by atoms with Gasteiger partial charge in [0.15, 0.2) is 10.8 Å². The number of benzene rings is 1. The van der Waals surface area contributed by atoms with Gasteiger partial charge < -0.3 is 10.2 Å². The van der Waals surface area contributed by atoms with Gasteiger partial charge in [0.25, 0.3) is 0 Å². The van der Waals surface area contributed by atoms with Crippen LogP contribution in [0.4, 0.5) is 15.2 Å². The highest BCUT2D eigenvalue weighted by Gasteiger charge is 2.21. The van der Waals surface area contributed by atoms with Crippen molar-refractivity contribution in [1.82, 2.24) is 15.0 Å². The largest absolute Gasteiger partial charge is 0.348 e. The lowest BCUT2D eigenvalue weighted by molar-refractivity contribution is -0.113. The van der Waals surface area contributed by atoms with E-state index in [-0.39, 0.29) is 17.5 Å². The summed E-state index contributed by atoms with van der Waals surface area (Å²) >= 11 is 2.92. The third kappa shape index (κ3) is 4.67. The number of anilines is 2. The van der Waals surface area contributed by atoms with E-state index in [0.29, 0.717) is 22.8 Å². The van der Waals surface area contributed by atoms with E-state index in [1.54, 1.807) is 30.4 Å². The van der Waals surface area contributed by atoms with Crippen molar-refractivity contribution in [3.8, 4) is 0 Å². The number of piperidine rings is 1. The molecule has 0 unspecified atom stereocenters. The highest BCUT2D eigenvalue weighted by Crippen LogP contribution is 2.35. The van der Waals surface area contributed by atoms with Gasteiger partial charge in [0.2, 0.25) is 5.91 Å². The zero-order valence-electron chi connectivity index (χ0n) is 16.3. The van der Waals surface area contributed by atoms with Gasteiger partial charge in [-0.25, -0.2) is 14.4 Å². The van der Waals surface area contributed by atoms with Crippen molar-refractivity contribution in [1.29, 1.82) is 0 Å². The third-order valence-corrected chi connectivity index (χ3v) is 7.10. The number of fused-ring (bicyclic) bond motifs is 1. The predicted octanol–water partition coefficient (Wildman–Crippen LogP) is 4.50. The van der Waals surface area contributed by atoms with Crippen LogP contribution in [0.3, 0.4) is 0 Å². The van der Waals surface area contributed by atoms with E-state index in [4.69, 9.17) is 0 Å². The van der Waals surface area contributed by atoms with Gasteiger partial charge in [-0.15, -0.1) is 0 Å². The van der Waals surface area contributed by atoms with Crippen LogP contribution >= 0.6 is 23.1 Å². The van der Waals surface area contributed by atoms with Crippen molar-refractivity contribution in [3.05, 3.63) is 35.9 Å². The summed E-state index contributed by atoms with van der Waals surface area (Å²) < 4.78 is 14.6. The second kappa shape index (κ2) is 8.62. The van der Waals surface area contributed by atoms with E-state index in [2.05, 4.69) is 32.1 Å². The topological polar surface area (TPSA) is 71.0 Å². The number of hydrogen-bond donors (Lipinski definition) is 1. The van der Waals surface area contributed by atoms with E-state index < -0.39 is 0 Å². The quantitative estimate of drug-likeness (QED) is 0.474. The lowest BCUT2D eigenvalue weighted by atomic mass is 10.0. The van der Waals surface area contributed by atoms with Gasteiger partial charge in [-0.2, -0.15) is 4.98 Å². The minimum absolute atomic E-state index is 0.176. The molecule has 1 fully saturated rings. The number of amides is 1. The van der Waals surface area contributed by atoms with Crippen molar-refractivity contribution >= 4 is 50.2 Å². The van der Waals surface area contributed by atoms with Crippen LogP contribution in [-0.4, -0.2) is 39.7 Å². The number of nitrogens with one attached hydrogen (secondary N) is 1. The Hall–Kier alpha value is -2.26. The molecule has 1 aliphatic heterocycles. The number of thioether (sulfide) groups is 1. The molecule has 1 amide bonds. The molecule has 1 aromatic carbocycles. The van der Waals surface area contributed by atoms with Gasteiger partial charge >= 0.3 is 0 Å². The summed E-state index contributed by atoms with van der Waals surface area (Å²) in [5, 5.41) is 4.44. The molecule has 0 bridgehead atoms. The van der Waals surface area contributed by atoms with Crippen molar-refractivity contribution in [3.63, 3.8) is 0 Å². The normalized spacial score (nSPS) is 16.9. The maximum atomic E-state index is 13.7. The first kappa shape index (κ1) is 20.0.